The number of benzene rings is 2. The van der Waals surface area contributed by atoms with Gasteiger partial charge in [-0.3, -0.25) is 0 Å². The van der Waals surface area contributed by atoms with E-state index in [0.717, 1.165) is 34.8 Å². The molecule has 158 valence electrons. The fraction of sp³-hybridized carbons (Fsp3) is 0.179. The van der Waals surface area contributed by atoms with Crippen LogP contribution >= 0.6 is 0 Å². The Bertz CT molecular complexity index is 1480. The molecule has 0 N–H and O–H groups in total. The lowest BCUT2D eigenvalue weighted by Gasteiger charge is -2.20. The second-order valence-corrected chi connectivity index (χ2v) is 8.20. The van der Waals surface area contributed by atoms with Crippen LogP contribution in [-0.4, -0.2) is 4.57 Å². The minimum absolute atomic E-state index is 0.653. The largest absolute Gasteiger partial charge is 0.462 e. The lowest BCUT2D eigenvalue weighted by Crippen LogP contribution is -2.05. The van der Waals surface area contributed by atoms with Crippen LogP contribution in [0.1, 0.15) is 33.3 Å². The van der Waals surface area contributed by atoms with Gasteiger partial charge in [-0.15, -0.1) is 0 Å². The van der Waals surface area contributed by atoms with E-state index in [4.69, 9.17) is 9.47 Å². The van der Waals surface area contributed by atoms with Crippen molar-refractivity contribution in [3.05, 3.63) is 94.7 Å². The minimum atomic E-state index is 0.653. The first kappa shape index (κ1) is 20.0. The standard InChI is InChI=1S/C28H24N2O2/c1-5-30-26-9-7-6-8-23(26)25-14-24-17(2)10-21(32-28(24)15-27(25)30)13-22-12-20(18(3)16-29)11-19(4)31-22/h6-15H,5H2,1-4H3/b20-18+,21-13+. The summed E-state index contributed by atoms with van der Waals surface area (Å²) in [6.07, 6.45) is 7.66. The number of allylic oxidation sites excluding steroid dienone is 8. The van der Waals surface area contributed by atoms with Gasteiger partial charge in [0, 0.05) is 46.1 Å². The van der Waals surface area contributed by atoms with Gasteiger partial charge in [0.25, 0.3) is 0 Å². The summed E-state index contributed by atoms with van der Waals surface area (Å²) in [6.45, 7) is 8.85. The summed E-state index contributed by atoms with van der Waals surface area (Å²) in [5.74, 6) is 2.95. The number of nitriles is 1. The number of aromatic nitrogens is 1. The molecule has 0 spiro atoms. The second-order valence-electron chi connectivity index (χ2n) is 8.20. The molecular weight excluding hydrogens is 396 g/mol. The summed E-state index contributed by atoms with van der Waals surface area (Å²) < 4.78 is 14.5. The molecule has 32 heavy (non-hydrogen) atoms. The molecule has 3 heterocycles. The lowest BCUT2D eigenvalue weighted by molar-refractivity contribution is 0.313. The molecule has 3 aromatic rings. The molecule has 0 aliphatic carbocycles. The van der Waals surface area contributed by atoms with E-state index in [9.17, 15) is 5.26 Å². The van der Waals surface area contributed by atoms with Crippen molar-refractivity contribution in [2.75, 3.05) is 0 Å². The Labute approximate surface area is 187 Å². The van der Waals surface area contributed by atoms with Crippen LogP contribution < -0.4 is 4.74 Å². The zero-order valence-corrected chi connectivity index (χ0v) is 18.7. The zero-order valence-electron chi connectivity index (χ0n) is 18.7. The number of nitrogens with zero attached hydrogens (tertiary/aromatic N) is 2. The van der Waals surface area contributed by atoms with Crippen LogP contribution in [-0.2, 0) is 11.3 Å². The van der Waals surface area contributed by atoms with Gasteiger partial charge in [0.1, 0.15) is 23.0 Å². The maximum Gasteiger partial charge on any atom is 0.137 e. The highest BCUT2D eigenvalue weighted by atomic mass is 16.5. The molecular formula is C28H24N2O2. The highest BCUT2D eigenvalue weighted by molar-refractivity contribution is 6.09. The van der Waals surface area contributed by atoms with Crippen molar-refractivity contribution in [3.63, 3.8) is 0 Å². The molecule has 2 aliphatic heterocycles. The van der Waals surface area contributed by atoms with E-state index in [1.807, 2.05) is 31.2 Å². The molecule has 0 fully saturated rings. The SMILES string of the molecule is CCn1c2ccccc2c2cc3c(cc21)O/C(=C/C1=CC(=C(\C)C#N)/C=C(C)O1)C=C3C. The number of fused-ring (bicyclic) bond motifs is 4. The van der Waals surface area contributed by atoms with Crippen LogP contribution in [0.3, 0.4) is 0 Å². The van der Waals surface area contributed by atoms with Crippen LogP contribution in [0.2, 0.25) is 0 Å². The Hall–Kier alpha value is -3.97. The van der Waals surface area contributed by atoms with Crippen molar-refractivity contribution >= 4 is 27.4 Å². The van der Waals surface area contributed by atoms with Crippen LogP contribution in [0.15, 0.2) is 89.1 Å². The number of rotatable bonds is 2. The van der Waals surface area contributed by atoms with Crippen molar-refractivity contribution in [2.45, 2.75) is 34.2 Å². The second kappa shape index (κ2) is 7.62. The van der Waals surface area contributed by atoms with Gasteiger partial charge in [0.05, 0.1) is 11.6 Å². The first-order chi connectivity index (χ1) is 15.5. The van der Waals surface area contributed by atoms with Gasteiger partial charge in [-0.2, -0.15) is 5.26 Å². The normalized spacial score (nSPS) is 18.3. The fourth-order valence-electron chi connectivity index (χ4n) is 4.48. The third kappa shape index (κ3) is 3.23. The molecule has 0 amide bonds. The number of hydrogen-bond acceptors (Lipinski definition) is 3. The van der Waals surface area contributed by atoms with E-state index in [2.05, 4.69) is 60.9 Å². The van der Waals surface area contributed by atoms with Crippen molar-refractivity contribution in [3.8, 4) is 11.8 Å². The summed E-state index contributed by atoms with van der Waals surface area (Å²) in [5.41, 5.74) is 6.15. The maximum atomic E-state index is 9.25. The Morgan fingerprint density at radius 2 is 1.84 bits per heavy atom. The van der Waals surface area contributed by atoms with E-state index >= 15 is 0 Å². The van der Waals surface area contributed by atoms with E-state index in [1.165, 1.54) is 21.8 Å². The van der Waals surface area contributed by atoms with Crippen LogP contribution in [0.5, 0.6) is 5.75 Å². The molecule has 0 atom stereocenters. The number of para-hydroxylation sites is 1. The predicted octanol–water partition coefficient (Wildman–Crippen LogP) is 7.15. The fourth-order valence-corrected chi connectivity index (χ4v) is 4.48. The van der Waals surface area contributed by atoms with Gasteiger partial charge in [-0.1, -0.05) is 18.2 Å². The van der Waals surface area contributed by atoms with E-state index < -0.39 is 0 Å². The van der Waals surface area contributed by atoms with Gasteiger partial charge in [0.2, 0.25) is 0 Å². The van der Waals surface area contributed by atoms with Gasteiger partial charge in [0.15, 0.2) is 0 Å². The van der Waals surface area contributed by atoms with Crippen molar-refractivity contribution < 1.29 is 9.47 Å². The first-order valence-electron chi connectivity index (χ1n) is 10.8. The summed E-state index contributed by atoms with van der Waals surface area (Å²) in [6, 6.07) is 15.1. The van der Waals surface area contributed by atoms with Crippen molar-refractivity contribution in [1.29, 1.82) is 5.26 Å². The smallest absolute Gasteiger partial charge is 0.137 e. The first-order valence-corrected chi connectivity index (χ1v) is 10.8. The average molecular weight is 421 g/mol. The molecule has 0 saturated heterocycles. The Morgan fingerprint density at radius 1 is 1.03 bits per heavy atom. The highest BCUT2D eigenvalue weighted by Gasteiger charge is 2.20. The van der Waals surface area contributed by atoms with Crippen LogP contribution in [0, 0.1) is 11.3 Å². The number of aryl methyl sites for hydroxylation is 1. The molecule has 0 unspecified atom stereocenters. The lowest BCUT2D eigenvalue weighted by atomic mass is 10.00. The van der Waals surface area contributed by atoms with Crippen LogP contribution in [0.25, 0.3) is 27.4 Å². The van der Waals surface area contributed by atoms with E-state index in [1.54, 1.807) is 6.92 Å². The quantitative estimate of drug-likeness (QED) is 0.414. The van der Waals surface area contributed by atoms with E-state index in [0.29, 0.717) is 17.1 Å². The molecule has 0 radical (unpaired) electrons. The van der Waals surface area contributed by atoms with Gasteiger partial charge >= 0.3 is 0 Å². The number of ether oxygens (including phenoxy) is 2. The monoisotopic (exact) mass is 420 g/mol. The molecule has 4 nitrogen and oxygen atoms in total. The Balaban J connectivity index is 1.61. The Morgan fingerprint density at radius 3 is 2.62 bits per heavy atom. The summed E-state index contributed by atoms with van der Waals surface area (Å²) in [4.78, 5) is 0. The molecule has 2 aromatic carbocycles. The molecule has 0 bridgehead atoms. The molecule has 5 rings (SSSR count). The predicted molar refractivity (Wildman–Crippen MR) is 129 cm³/mol. The summed E-state index contributed by atoms with van der Waals surface area (Å²) in [7, 11) is 0. The van der Waals surface area contributed by atoms with Gasteiger partial charge < -0.3 is 14.0 Å². The average Bonchev–Trinajstić information content (AvgIpc) is 3.09. The number of hydrogen-bond donors (Lipinski definition) is 0. The van der Waals surface area contributed by atoms with Crippen molar-refractivity contribution in [1.82, 2.24) is 4.57 Å². The topological polar surface area (TPSA) is 47.2 Å². The van der Waals surface area contributed by atoms with Gasteiger partial charge in [-0.05, 0) is 69.2 Å². The van der Waals surface area contributed by atoms with E-state index in [-0.39, 0.29) is 0 Å². The minimum Gasteiger partial charge on any atom is -0.462 e. The van der Waals surface area contributed by atoms with Crippen molar-refractivity contribution in [2.24, 2.45) is 0 Å². The summed E-state index contributed by atoms with van der Waals surface area (Å²) >= 11 is 0. The van der Waals surface area contributed by atoms with Crippen LogP contribution in [0.4, 0.5) is 0 Å². The molecule has 0 saturated carbocycles. The van der Waals surface area contributed by atoms with Gasteiger partial charge in [-0.25, -0.2) is 0 Å². The molecule has 1 aromatic heterocycles. The molecule has 2 aliphatic rings. The zero-order chi connectivity index (χ0) is 22.4. The maximum absolute atomic E-state index is 9.25. The Kier molecular flexibility index (Phi) is 4.75. The third-order valence-electron chi connectivity index (χ3n) is 6.02. The third-order valence-corrected chi connectivity index (χ3v) is 6.02. The molecule has 4 heteroatoms. The summed E-state index contributed by atoms with van der Waals surface area (Å²) in [5, 5.41) is 11.7. The highest BCUT2D eigenvalue weighted by Crippen LogP contribution is 2.40.